The summed E-state index contributed by atoms with van der Waals surface area (Å²) in [5.41, 5.74) is 4.11. The summed E-state index contributed by atoms with van der Waals surface area (Å²) in [7, 11) is 0. The number of halogens is 1. The van der Waals surface area contributed by atoms with Gasteiger partial charge in [-0.2, -0.15) is 0 Å². The summed E-state index contributed by atoms with van der Waals surface area (Å²) in [5.74, 6) is 0.185. The van der Waals surface area contributed by atoms with Crippen LogP contribution in [0.15, 0.2) is 91.0 Å². The predicted molar refractivity (Wildman–Crippen MR) is 160 cm³/mol. The molecule has 8 heteroatoms. The van der Waals surface area contributed by atoms with Crippen LogP contribution in [0.25, 0.3) is 11.3 Å². The standard InChI is InChI=1S/C31H33ClN4O2S/c32-29-28(26-14-8-3-9-15-26)33-30(39-29)34-31(37)36(19-18-35-20-22-38-23-21-35)17-16-27(24-10-4-1-5-11-24)25-12-6-2-7-13-25/h1-15,27H,16-23H2,(H,33,34,37). The molecule has 1 fully saturated rings. The molecule has 0 bridgehead atoms. The molecule has 2 amide bonds. The number of carbonyl (C=O) groups is 1. The number of morpholine rings is 1. The third-order valence-electron chi connectivity index (χ3n) is 7.02. The summed E-state index contributed by atoms with van der Waals surface area (Å²) in [6.45, 7) is 5.25. The lowest BCUT2D eigenvalue weighted by Gasteiger charge is -2.31. The average molecular weight is 561 g/mol. The highest BCUT2D eigenvalue weighted by Gasteiger charge is 2.22. The maximum absolute atomic E-state index is 13.6. The van der Waals surface area contributed by atoms with Crippen LogP contribution in [0, 0.1) is 0 Å². The molecule has 1 aromatic heterocycles. The van der Waals surface area contributed by atoms with Crippen LogP contribution < -0.4 is 5.32 Å². The molecule has 0 atom stereocenters. The third kappa shape index (κ3) is 7.46. The molecule has 1 saturated heterocycles. The van der Waals surface area contributed by atoms with Crippen molar-refractivity contribution in [3.8, 4) is 11.3 Å². The Bertz CT molecular complexity index is 1270. The Labute approximate surface area is 239 Å². The largest absolute Gasteiger partial charge is 0.379 e. The van der Waals surface area contributed by atoms with E-state index in [0.29, 0.717) is 28.3 Å². The molecule has 1 N–H and O–H groups in total. The van der Waals surface area contributed by atoms with E-state index in [9.17, 15) is 4.79 Å². The minimum Gasteiger partial charge on any atom is -0.379 e. The van der Waals surface area contributed by atoms with Crippen LogP contribution in [0.3, 0.4) is 0 Å². The van der Waals surface area contributed by atoms with E-state index in [1.54, 1.807) is 0 Å². The first-order chi connectivity index (χ1) is 19.2. The van der Waals surface area contributed by atoms with Crippen molar-refractivity contribution in [2.24, 2.45) is 0 Å². The second-order valence-electron chi connectivity index (χ2n) is 9.54. The van der Waals surface area contributed by atoms with Crippen molar-refractivity contribution in [3.05, 3.63) is 106 Å². The maximum atomic E-state index is 13.6. The number of amides is 2. The van der Waals surface area contributed by atoms with E-state index in [0.717, 1.165) is 44.8 Å². The number of hydrogen-bond donors (Lipinski definition) is 1. The van der Waals surface area contributed by atoms with Crippen LogP contribution in [-0.2, 0) is 4.74 Å². The number of aromatic nitrogens is 1. The predicted octanol–water partition coefficient (Wildman–Crippen LogP) is 6.85. The van der Waals surface area contributed by atoms with Gasteiger partial charge in [-0.15, -0.1) is 0 Å². The fraction of sp³-hybridized carbons (Fsp3) is 0.290. The van der Waals surface area contributed by atoms with E-state index in [-0.39, 0.29) is 11.9 Å². The number of anilines is 1. The number of carbonyl (C=O) groups excluding carboxylic acids is 1. The van der Waals surface area contributed by atoms with Gasteiger partial charge < -0.3 is 9.64 Å². The molecule has 2 heterocycles. The highest BCUT2D eigenvalue weighted by molar-refractivity contribution is 7.20. The van der Waals surface area contributed by atoms with Gasteiger partial charge >= 0.3 is 6.03 Å². The Balaban J connectivity index is 1.32. The normalized spacial score (nSPS) is 13.9. The molecule has 0 unspecified atom stereocenters. The molecule has 4 aromatic rings. The minimum atomic E-state index is -0.159. The fourth-order valence-electron chi connectivity index (χ4n) is 4.88. The molecule has 0 saturated carbocycles. The van der Waals surface area contributed by atoms with Crippen LogP contribution >= 0.6 is 22.9 Å². The monoisotopic (exact) mass is 560 g/mol. The Kier molecular flexibility index (Phi) is 9.61. The number of benzene rings is 3. The molecular weight excluding hydrogens is 528 g/mol. The van der Waals surface area contributed by atoms with Crippen molar-refractivity contribution in [3.63, 3.8) is 0 Å². The van der Waals surface area contributed by atoms with Crippen LogP contribution in [0.4, 0.5) is 9.93 Å². The first-order valence-corrected chi connectivity index (χ1v) is 14.5. The molecule has 39 heavy (non-hydrogen) atoms. The molecule has 0 radical (unpaired) electrons. The van der Waals surface area contributed by atoms with E-state index in [2.05, 4.69) is 63.7 Å². The zero-order valence-electron chi connectivity index (χ0n) is 21.8. The van der Waals surface area contributed by atoms with Crippen LogP contribution in [0.2, 0.25) is 4.34 Å². The fourth-order valence-corrected chi connectivity index (χ4v) is 5.96. The number of rotatable bonds is 10. The van der Waals surface area contributed by atoms with E-state index < -0.39 is 0 Å². The van der Waals surface area contributed by atoms with Crippen molar-refractivity contribution >= 4 is 34.1 Å². The quantitative estimate of drug-likeness (QED) is 0.230. The number of hydrogen-bond acceptors (Lipinski definition) is 5. The summed E-state index contributed by atoms with van der Waals surface area (Å²) in [4.78, 5) is 22.5. The van der Waals surface area contributed by atoms with Gasteiger partial charge in [0.2, 0.25) is 0 Å². The van der Waals surface area contributed by atoms with Crippen LogP contribution in [0.5, 0.6) is 0 Å². The zero-order chi connectivity index (χ0) is 26.9. The van der Waals surface area contributed by atoms with E-state index >= 15 is 0 Å². The number of nitrogens with zero attached hydrogens (tertiary/aromatic N) is 3. The second-order valence-corrected chi connectivity index (χ2v) is 11.1. The van der Waals surface area contributed by atoms with Gasteiger partial charge in [-0.1, -0.05) is 114 Å². The van der Waals surface area contributed by atoms with Gasteiger partial charge in [-0.25, -0.2) is 9.78 Å². The first-order valence-electron chi connectivity index (χ1n) is 13.3. The topological polar surface area (TPSA) is 57.7 Å². The first kappa shape index (κ1) is 27.3. The lowest BCUT2D eigenvalue weighted by atomic mass is 9.88. The Morgan fingerprint density at radius 2 is 1.51 bits per heavy atom. The van der Waals surface area contributed by atoms with Crippen LogP contribution in [0.1, 0.15) is 23.5 Å². The summed E-state index contributed by atoms with van der Waals surface area (Å²) >= 11 is 7.80. The van der Waals surface area contributed by atoms with Gasteiger partial charge in [0.05, 0.1) is 13.2 Å². The van der Waals surface area contributed by atoms with Crippen molar-refractivity contribution < 1.29 is 9.53 Å². The Morgan fingerprint density at radius 1 is 0.923 bits per heavy atom. The van der Waals surface area contributed by atoms with Gasteiger partial charge in [0.1, 0.15) is 10.0 Å². The molecule has 202 valence electrons. The molecule has 1 aliphatic rings. The molecule has 5 rings (SSSR count). The van der Waals surface area contributed by atoms with E-state index in [1.807, 2.05) is 47.4 Å². The number of urea groups is 1. The number of thiazole rings is 1. The van der Waals surface area contributed by atoms with Gasteiger partial charge in [0.15, 0.2) is 5.13 Å². The Hall–Kier alpha value is -3.23. The summed E-state index contributed by atoms with van der Waals surface area (Å²) in [6.07, 6.45) is 0.804. The van der Waals surface area contributed by atoms with Crippen molar-refractivity contribution in [2.45, 2.75) is 12.3 Å². The maximum Gasteiger partial charge on any atom is 0.323 e. The summed E-state index contributed by atoms with van der Waals surface area (Å²) in [5, 5.41) is 3.53. The minimum absolute atomic E-state index is 0.159. The van der Waals surface area contributed by atoms with E-state index in [1.165, 1.54) is 22.5 Å². The molecule has 6 nitrogen and oxygen atoms in total. The molecule has 1 aliphatic heterocycles. The lowest BCUT2D eigenvalue weighted by molar-refractivity contribution is 0.0351. The van der Waals surface area contributed by atoms with Crippen molar-refractivity contribution in [1.82, 2.24) is 14.8 Å². The second kappa shape index (κ2) is 13.7. The SMILES string of the molecule is O=C(Nc1nc(-c2ccccc2)c(Cl)s1)N(CCC(c1ccccc1)c1ccccc1)CCN1CCOCC1. The van der Waals surface area contributed by atoms with E-state index in [4.69, 9.17) is 16.3 Å². The molecular formula is C31H33ClN4O2S. The van der Waals surface area contributed by atoms with Gasteiger partial charge in [-0.05, 0) is 17.5 Å². The summed E-state index contributed by atoms with van der Waals surface area (Å²) < 4.78 is 6.07. The summed E-state index contributed by atoms with van der Waals surface area (Å²) in [6, 6.07) is 30.7. The molecule has 0 spiro atoms. The van der Waals surface area contributed by atoms with Crippen molar-refractivity contribution in [1.29, 1.82) is 0 Å². The number of ether oxygens (including phenoxy) is 1. The van der Waals surface area contributed by atoms with Crippen LogP contribution in [-0.4, -0.2) is 66.8 Å². The average Bonchev–Trinajstić information content (AvgIpc) is 3.36. The lowest BCUT2D eigenvalue weighted by Crippen LogP contribution is -2.44. The van der Waals surface area contributed by atoms with Gasteiger partial charge in [0, 0.05) is 44.2 Å². The molecule has 3 aromatic carbocycles. The Morgan fingerprint density at radius 3 is 2.13 bits per heavy atom. The van der Waals surface area contributed by atoms with Crippen molar-refractivity contribution in [2.75, 3.05) is 51.3 Å². The number of nitrogens with one attached hydrogen (secondary N) is 1. The smallest absolute Gasteiger partial charge is 0.323 e. The highest BCUT2D eigenvalue weighted by atomic mass is 35.5. The third-order valence-corrected chi connectivity index (χ3v) is 8.19. The highest BCUT2D eigenvalue weighted by Crippen LogP contribution is 2.35. The van der Waals surface area contributed by atoms with Gasteiger partial charge in [0.25, 0.3) is 0 Å². The molecule has 0 aliphatic carbocycles. The van der Waals surface area contributed by atoms with Gasteiger partial charge in [-0.3, -0.25) is 10.2 Å². The zero-order valence-corrected chi connectivity index (χ0v) is 23.4.